The summed E-state index contributed by atoms with van der Waals surface area (Å²) in [4.78, 5) is 20.7. The Hall–Kier alpha value is -1.97. The lowest BCUT2D eigenvalue weighted by atomic mass is 9.60. The van der Waals surface area contributed by atoms with Gasteiger partial charge in [-0.05, 0) is 11.8 Å². The Morgan fingerprint density at radius 2 is 1.80 bits per heavy atom. The first-order valence-corrected chi connectivity index (χ1v) is 10.4. The van der Waals surface area contributed by atoms with Gasteiger partial charge in [0.1, 0.15) is 0 Å². The number of nitrogens with zero attached hydrogens (tertiary/aromatic N) is 2. The van der Waals surface area contributed by atoms with Gasteiger partial charge in [0.15, 0.2) is 5.16 Å². The average molecular weight is 447 g/mol. The number of hydrogen-bond acceptors (Lipinski definition) is 7. The number of thioether (sulfide) groups is 1. The molecule has 0 aliphatic heterocycles. The first-order chi connectivity index (χ1) is 13.9. The number of ether oxygens (including phenoxy) is 2. The lowest BCUT2D eigenvalue weighted by molar-refractivity contribution is -0.319. The van der Waals surface area contributed by atoms with Gasteiger partial charge in [-0.2, -0.15) is 23.1 Å². The lowest BCUT2D eigenvalue weighted by Gasteiger charge is -2.52. The van der Waals surface area contributed by atoms with Gasteiger partial charge in [-0.15, -0.1) is 0 Å². The van der Waals surface area contributed by atoms with Crippen LogP contribution < -0.4 is 14.6 Å². The van der Waals surface area contributed by atoms with Crippen LogP contribution in [0.25, 0.3) is 0 Å². The van der Waals surface area contributed by atoms with Crippen LogP contribution in [0.4, 0.5) is 13.2 Å². The van der Waals surface area contributed by atoms with E-state index in [1.165, 1.54) is 34.1 Å². The maximum atomic E-state index is 13.8. The average Bonchev–Trinajstić information content (AvgIpc) is 2.66. The van der Waals surface area contributed by atoms with E-state index in [0.29, 0.717) is 12.8 Å². The molecular formula is C20H26F3N2O4S-. The zero-order valence-electron chi connectivity index (χ0n) is 17.6. The molecule has 6 nitrogen and oxygen atoms in total. The zero-order valence-corrected chi connectivity index (χ0v) is 18.4. The number of rotatable bonds is 8. The second kappa shape index (κ2) is 9.03. The fourth-order valence-electron chi connectivity index (χ4n) is 3.93. The molecule has 3 atom stereocenters. The van der Waals surface area contributed by atoms with Gasteiger partial charge in [0, 0.05) is 10.7 Å². The van der Waals surface area contributed by atoms with E-state index >= 15 is 0 Å². The molecule has 1 aromatic rings. The fourth-order valence-corrected chi connectivity index (χ4v) is 5.38. The van der Waals surface area contributed by atoms with Gasteiger partial charge in [-0.25, -0.2) is 0 Å². The van der Waals surface area contributed by atoms with Crippen molar-refractivity contribution in [2.75, 3.05) is 14.2 Å². The van der Waals surface area contributed by atoms with Gasteiger partial charge in [0.05, 0.1) is 32.2 Å². The van der Waals surface area contributed by atoms with Crippen molar-refractivity contribution in [2.45, 2.75) is 56.6 Å². The molecule has 1 aliphatic carbocycles. The first kappa shape index (κ1) is 24.3. The minimum atomic E-state index is -4.53. The van der Waals surface area contributed by atoms with Crippen LogP contribution in [0.1, 0.15) is 40.0 Å². The number of carboxylic acids is 1. The number of hydrogen-bond donors (Lipinski definition) is 0. The van der Waals surface area contributed by atoms with E-state index in [2.05, 4.69) is 9.97 Å². The minimum Gasteiger partial charge on any atom is -0.549 e. The summed E-state index contributed by atoms with van der Waals surface area (Å²) in [6.07, 6.45) is -1.05. The van der Waals surface area contributed by atoms with Gasteiger partial charge in [0.25, 0.3) is 0 Å². The number of aromatic nitrogens is 2. The highest BCUT2D eigenvalue weighted by Crippen LogP contribution is 2.58. The van der Waals surface area contributed by atoms with Crippen molar-refractivity contribution in [3.8, 4) is 11.8 Å². The summed E-state index contributed by atoms with van der Waals surface area (Å²) in [6, 6.07) is 1.43. The molecule has 0 amide bonds. The third kappa shape index (κ3) is 4.68. The summed E-state index contributed by atoms with van der Waals surface area (Å²) >= 11 is 0.882. The number of carbonyl (C=O) groups excluding carboxylic acids is 1. The molecule has 0 saturated heterocycles. The van der Waals surface area contributed by atoms with Crippen LogP contribution in [0.3, 0.4) is 0 Å². The Morgan fingerprint density at radius 3 is 2.23 bits per heavy atom. The molecule has 0 spiro atoms. The smallest absolute Gasteiger partial charge is 0.395 e. The van der Waals surface area contributed by atoms with Gasteiger partial charge in [0.2, 0.25) is 11.8 Å². The molecule has 2 rings (SSSR count). The zero-order chi connectivity index (χ0) is 22.7. The maximum Gasteiger partial charge on any atom is 0.395 e. The predicted molar refractivity (Wildman–Crippen MR) is 104 cm³/mol. The topological polar surface area (TPSA) is 84.4 Å². The van der Waals surface area contributed by atoms with Crippen LogP contribution in [-0.4, -0.2) is 41.6 Å². The second-order valence-electron chi connectivity index (χ2n) is 7.86. The van der Waals surface area contributed by atoms with Crippen molar-refractivity contribution in [3.05, 3.63) is 18.2 Å². The van der Waals surface area contributed by atoms with Gasteiger partial charge < -0.3 is 19.4 Å². The number of carboxylic acid groups (broad SMARTS) is 1. The maximum absolute atomic E-state index is 13.8. The van der Waals surface area contributed by atoms with Crippen molar-refractivity contribution in [1.29, 1.82) is 0 Å². The molecule has 1 aliphatic rings. The molecule has 10 heteroatoms. The lowest BCUT2D eigenvalue weighted by Crippen LogP contribution is -2.58. The Morgan fingerprint density at radius 1 is 1.23 bits per heavy atom. The number of carbonyl (C=O) groups is 1. The largest absolute Gasteiger partial charge is 0.549 e. The summed E-state index contributed by atoms with van der Waals surface area (Å²) in [6.45, 7) is 4.73. The summed E-state index contributed by atoms with van der Waals surface area (Å²) in [5.41, 5.74) is -3.09. The number of methoxy groups -OCH3 is 2. The third-order valence-corrected chi connectivity index (χ3v) is 7.17. The van der Waals surface area contributed by atoms with Crippen LogP contribution in [0.15, 0.2) is 23.4 Å². The highest BCUT2D eigenvalue weighted by molar-refractivity contribution is 7.99. The number of allylic oxidation sites excluding steroid dienone is 1. The van der Waals surface area contributed by atoms with Crippen LogP contribution >= 0.6 is 11.8 Å². The quantitative estimate of drug-likeness (QED) is 0.444. The molecule has 0 saturated carbocycles. The van der Waals surface area contributed by atoms with Gasteiger partial charge in [-0.1, -0.05) is 57.5 Å². The molecule has 3 unspecified atom stereocenters. The van der Waals surface area contributed by atoms with Crippen molar-refractivity contribution in [2.24, 2.45) is 16.7 Å². The molecular weight excluding hydrogens is 421 g/mol. The van der Waals surface area contributed by atoms with Crippen molar-refractivity contribution >= 4 is 17.7 Å². The van der Waals surface area contributed by atoms with Crippen LogP contribution in [0.2, 0.25) is 0 Å². The Labute approximate surface area is 178 Å². The predicted octanol–water partition coefficient (Wildman–Crippen LogP) is 3.66. The van der Waals surface area contributed by atoms with Gasteiger partial charge >= 0.3 is 6.18 Å². The Balaban J connectivity index is 2.64. The van der Waals surface area contributed by atoms with E-state index in [1.807, 2.05) is 6.92 Å². The highest BCUT2D eigenvalue weighted by Gasteiger charge is 2.59. The molecule has 168 valence electrons. The fraction of sp³-hybridized carbons (Fsp3) is 0.650. The molecule has 0 N–H and O–H groups in total. The Bertz CT molecular complexity index is 778. The summed E-state index contributed by atoms with van der Waals surface area (Å²) < 4.78 is 51.6. The summed E-state index contributed by atoms with van der Waals surface area (Å²) in [7, 11) is 2.77. The summed E-state index contributed by atoms with van der Waals surface area (Å²) in [5, 5.41) is 11.4. The van der Waals surface area contributed by atoms with Gasteiger partial charge in [-0.3, -0.25) is 0 Å². The van der Waals surface area contributed by atoms with E-state index in [-0.39, 0.29) is 23.3 Å². The molecule has 30 heavy (non-hydrogen) atoms. The first-order valence-electron chi connectivity index (χ1n) is 9.53. The van der Waals surface area contributed by atoms with E-state index < -0.39 is 34.1 Å². The van der Waals surface area contributed by atoms with Crippen LogP contribution in [0.5, 0.6) is 11.8 Å². The SMILES string of the molecule is CCCCC1(C(=O)[O-])C=CC(C(F)(F)F)C(C)(C)C1Sc1nc(OC)cc(OC)n1. The van der Waals surface area contributed by atoms with Crippen LogP contribution in [-0.2, 0) is 4.79 Å². The molecule has 1 heterocycles. The highest BCUT2D eigenvalue weighted by atomic mass is 32.2. The molecule has 0 fully saturated rings. The van der Waals surface area contributed by atoms with E-state index in [1.54, 1.807) is 0 Å². The van der Waals surface area contributed by atoms with E-state index in [4.69, 9.17) is 9.47 Å². The molecule has 0 radical (unpaired) electrons. The third-order valence-electron chi connectivity index (χ3n) is 5.51. The van der Waals surface area contributed by atoms with Crippen molar-refractivity contribution in [1.82, 2.24) is 9.97 Å². The van der Waals surface area contributed by atoms with Crippen molar-refractivity contribution < 1.29 is 32.5 Å². The number of unbranched alkanes of at least 4 members (excludes halogenated alkanes) is 1. The Kier molecular flexibility index (Phi) is 7.32. The monoisotopic (exact) mass is 447 g/mol. The standard InChI is InChI=1S/C20H27F3N2O4S/c1-6-7-9-19(16(26)27)10-8-12(20(21,22)23)18(2,3)15(19)30-17-24-13(28-4)11-14(25-17)29-5/h8,10-12,15H,6-7,9H2,1-5H3,(H,26,27)/p-1. The molecule has 0 aromatic carbocycles. The molecule has 1 aromatic heterocycles. The van der Waals surface area contributed by atoms with Crippen molar-refractivity contribution in [3.63, 3.8) is 0 Å². The second-order valence-corrected chi connectivity index (χ2v) is 8.94. The van der Waals surface area contributed by atoms with E-state index in [9.17, 15) is 23.1 Å². The number of aliphatic carboxylic acids is 1. The van der Waals surface area contributed by atoms with E-state index in [0.717, 1.165) is 23.9 Å². The normalized spacial score (nSPS) is 25.7. The number of halogens is 3. The number of alkyl halides is 3. The molecule has 0 bridgehead atoms. The van der Waals surface area contributed by atoms with Crippen LogP contribution in [0, 0.1) is 16.7 Å². The summed E-state index contributed by atoms with van der Waals surface area (Å²) in [5.74, 6) is -2.92. The minimum absolute atomic E-state index is 0.0719.